The molecule has 4 N–H and O–H groups in total. The van der Waals surface area contributed by atoms with Gasteiger partial charge in [0.15, 0.2) is 18.1 Å². The summed E-state index contributed by atoms with van der Waals surface area (Å²) in [5.41, 5.74) is 6.52. The number of ether oxygens (including phenoxy) is 2. The number of amides is 2. The predicted octanol–water partition coefficient (Wildman–Crippen LogP) is 1.44. The average Bonchev–Trinajstić information content (AvgIpc) is 2.74. The Bertz CT molecular complexity index is 1080. The van der Waals surface area contributed by atoms with Crippen LogP contribution in [-0.2, 0) is 19.6 Å². The van der Waals surface area contributed by atoms with Crippen molar-refractivity contribution in [2.24, 2.45) is 10.9 Å². The lowest BCUT2D eigenvalue weighted by Gasteiger charge is -2.24. The van der Waals surface area contributed by atoms with Crippen molar-refractivity contribution in [3.63, 3.8) is 0 Å². The van der Waals surface area contributed by atoms with Gasteiger partial charge >= 0.3 is 0 Å². The van der Waals surface area contributed by atoms with Gasteiger partial charge in [0.2, 0.25) is 15.9 Å². The van der Waals surface area contributed by atoms with Crippen LogP contribution in [-0.4, -0.2) is 45.9 Å². The van der Waals surface area contributed by atoms with E-state index in [1.165, 1.54) is 30.2 Å². The van der Waals surface area contributed by atoms with E-state index in [0.29, 0.717) is 17.1 Å². The zero-order valence-corrected chi connectivity index (χ0v) is 18.3. The van der Waals surface area contributed by atoms with E-state index in [1.807, 2.05) is 6.92 Å². The van der Waals surface area contributed by atoms with Gasteiger partial charge in [-0.05, 0) is 48.4 Å². The number of likely N-dealkylation sites (N-methyl/N-ethyl adjacent to an activating group) is 1. The van der Waals surface area contributed by atoms with Crippen LogP contribution in [0.15, 0.2) is 53.4 Å². The van der Waals surface area contributed by atoms with Crippen LogP contribution in [0.25, 0.3) is 6.08 Å². The lowest BCUT2D eigenvalue weighted by molar-refractivity contribution is -0.126. The second-order valence-electron chi connectivity index (χ2n) is 6.74. The van der Waals surface area contributed by atoms with E-state index < -0.39 is 15.9 Å². The molecule has 2 rings (SSSR count). The lowest BCUT2D eigenvalue weighted by Crippen LogP contribution is -2.28. The highest BCUT2D eigenvalue weighted by molar-refractivity contribution is 7.89. The molecule has 0 radical (unpaired) electrons. The fourth-order valence-corrected chi connectivity index (χ4v) is 3.21. The zero-order valence-electron chi connectivity index (χ0n) is 17.4. The molecule has 9 nitrogen and oxygen atoms in total. The minimum absolute atomic E-state index is 0.00882. The number of benzene rings is 2. The van der Waals surface area contributed by atoms with E-state index in [-0.39, 0.29) is 23.5 Å². The van der Waals surface area contributed by atoms with E-state index in [2.05, 4.69) is 0 Å². The Kier molecular flexibility index (Phi) is 7.78. The number of carbonyl (C=O) groups excluding carboxylic acids is 2. The molecule has 0 spiro atoms. The number of primary sulfonamides is 1. The Balaban J connectivity index is 2.10. The van der Waals surface area contributed by atoms with Crippen LogP contribution in [0.2, 0.25) is 0 Å². The maximum absolute atomic E-state index is 12.6. The summed E-state index contributed by atoms with van der Waals surface area (Å²) in [6.07, 6.45) is 3.03. The van der Waals surface area contributed by atoms with Crippen molar-refractivity contribution < 1.29 is 27.5 Å². The first-order valence-electron chi connectivity index (χ1n) is 9.19. The number of carbonyl (C=O) groups is 2. The smallest absolute Gasteiger partial charge is 0.255 e. The number of rotatable bonds is 9. The Morgan fingerprint density at radius 2 is 1.77 bits per heavy atom. The molecule has 0 aliphatic carbocycles. The number of hydrogen-bond acceptors (Lipinski definition) is 6. The summed E-state index contributed by atoms with van der Waals surface area (Å²) in [6.45, 7) is 1.55. The summed E-state index contributed by atoms with van der Waals surface area (Å²) in [7, 11) is -0.667. The molecule has 166 valence electrons. The average molecular weight is 448 g/mol. The maximum atomic E-state index is 12.6. The standard InChI is InChI=1S/C21H25N3O6S/c1-14(16-6-8-17(9-7-16)31(23,27)28)24(2)21(26)11-5-15-4-10-18(19(12-15)29-3)30-13-20(22)25/h4-12,14H,13H2,1-3H3,(H2,22,25)(H2,23,27,28)/b11-5+. The highest BCUT2D eigenvalue weighted by atomic mass is 32.2. The first-order chi connectivity index (χ1) is 14.5. The summed E-state index contributed by atoms with van der Waals surface area (Å²) in [5, 5.41) is 5.11. The first kappa shape index (κ1) is 23.9. The van der Waals surface area contributed by atoms with Crippen molar-refractivity contribution in [3.05, 3.63) is 59.7 Å². The van der Waals surface area contributed by atoms with Gasteiger partial charge in [-0.15, -0.1) is 0 Å². The third kappa shape index (κ3) is 6.56. The van der Waals surface area contributed by atoms with Gasteiger partial charge in [0.25, 0.3) is 5.91 Å². The molecule has 0 fully saturated rings. The van der Waals surface area contributed by atoms with E-state index in [4.69, 9.17) is 20.3 Å². The van der Waals surface area contributed by atoms with Crippen LogP contribution < -0.4 is 20.3 Å². The molecule has 0 saturated carbocycles. The molecule has 1 atom stereocenters. The number of nitrogens with two attached hydrogens (primary N) is 2. The number of sulfonamides is 1. The monoisotopic (exact) mass is 447 g/mol. The molecule has 0 bridgehead atoms. The van der Waals surface area contributed by atoms with Crippen molar-refractivity contribution in [3.8, 4) is 11.5 Å². The Morgan fingerprint density at radius 1 is 1.13 bits per heavy atom. The zero-order chi connectivity index (χ0) is 23.2. The van der Waals surface area contributed by atoms with Crippen LogP contribution in [0.3, 0.4) is 0 Å². The van der Waals surface area contributed by atoms with Crippen molar-refractivity contribution in [1.82, 2.24) is 4.90 Å². The quantitative estimate of drug-likeness (QED) is 0.557. The van der Waals surface area contributed by atoms with E-state index in [0.717, 1.165) is 5.56 Å². The normalized spacial score (nSPS) is 12.4. The van der Waals surface area contributed by atoms with Gasteiger partial charge in [0.05, 0.1) is 18.0 Å². The minimum atomic E-state index is -3.77. The largest absolute Gasteiger partial charge is 0.493 e. The molecule has 2 aromatic carbocycles. The van der Waals surface area contributed by atoms with Crippen molar-refractivity contribution in [2.45, 2.75) is 17.9 Å². The summed E-state index contributed by atoms with van der Waals surface area (Å²) in [6, 6.07) is 10.7. The molecule has 2 aromatic rings. The second-order valence-corrected chi connectivity index (χ2v) is 8.30. The van der Waals surface area contributed by atoms with Gasteiger partial charge in [0.1, 0.15) is 0 Å². The van der Waals surface area contributed by atoms with Crippen LogP contribution in [0.1, 0.15) is 24.1 Å². The fourth-order valence-electron chi connectivity index (χ4n) is 2.69. The molecule has 0 aliphatic heterocycles. The van der Waals surface area contributed by atoms with Crippen LogP contribution in [0.4, 0.5) is 0 Å². The summed E-state index contributed by atoms with van der Waals surface area (Å²) < 4.78 is 33.3. The molecule has 2 amide bonds. The molecule has 0 aliphatic rings. The maximum Gasteiger partial charge on any atom is 0.255 e. The van der Waals surface area contributed by atoms with E-state index in [9.17, 15) is 18.0 Å². The minimum Gasteiger partial charge on any atom is -0.493 e. The van der Waals surface area contributed by atoms with Crippen molar-refractivity contribution in [2.75, 3.05) is 20.8 Å². The predicted molar refractivity (Wildman–Crippen MR) is 116 cm³/mol. The molecule has 10 heteroatoms. The van der Waals surface area contributed by atoms with Crippen LogP contribution in [0.5, 0.6) is 11.5 Å². The Labute approximate surface area is 181 Å². The molecule has 0 heterocycles. The number of nitrogens with zero attached hydrogens (tertiary/aromatic N) is 1. The highest BCUT2D eigenvalue weighted by Gasteiger charge is 2.17. The molecule has 31 heavy (non-hydrogen) atoms. The van der Waals surface area contributed by atoms with E-state index in [1.54, 1.807) is 43.5 Å². The summed E-state index contributed by atoms with van der Waals surface area (Å²) in [4.78, 5) is 25.0. The molecule has 0 saturated heterocycles. The Hall–Kier alpha value is -3.37. The summed E-state index contributed by atoms with van der Waals surface area (Å²) >= 11 is 0. The summed E-state index contributed by atoms with van der Waals surface area (Å²) in [5.74, 6) is -0.102. The van der Waals surface area contributed by atoms with Gasteiger partial charge in [-0.3, -0.25) is 9.59 Å². The molecular formula is C21H25N3O6S. The highest BCUT2D eigenvalue weighted by Crippen LogP contribution is 2.28. The molecule has 1 unspecified atom stereocenters. The topological polar surface area (TPSA) is 142 Å². The Morgan fingerprint density at radius 3 is 2.32 bits per heavy atom. The first-order valence-corrected chi connectivity index (χ1v) is 10.7. The third-order valence-corrected chi connectivity index (χ3v) is 5.52. The van der Waals surface area contributed by atoms with Gasteiger partial charge in [-0.1, -0.05) is 18.2 Å². The number of primary amides is 1. The second kappa shape index (κ2) is 10.1. The van der Waals surface area contributed by atoms with Crippen LogP contribution >= 0.6 is 0 Å². The lowest BCUT2D eigenvalue weighted by atomic mass is 10.1. The van der Waals surface area contributed by atoms with E-state index >= 15 is 0 Å². The third-order valence-electron chi connectivity index (χ3n) is 4.60. The van der Waals surface area contributed by atoms with Gasteiger partial charge in [-0.25, -0.2) is 13.6 Å². The van der Waals surface area contributed by atoms with Gasteiger partial charge in [0, 0.05) is 13.1 Å². The van der Waals surface area contributed by atoms with Crippen molar-refractivity contribution in [1.29, 1.82) is 0 Å². The van der Waals surface area contributed by atoms with Crippen LogP contribution in [0, 0.1) is 0 Å². The SMILES string of the molecule is COc1cc(/C=C/C(=O)N(C)C(C)c2ccc(S(N)(=O)=O)cc2)ccc1OCC(N)=O. The molecule has 0 aromatic heterocycles. The number of methoxy groups -OCH3 is 1. The van der Waals surface area contributed by atoms with Gasteiger partial charge < -0.3 is 20.1 Å². The fraction of sp³-hybridized carbons (Fsp3) is 0.238. The number of hydrogen-bond donors (Lipinski definition) is 2. The van der Waals surface area contributed by atoms with Crippen molar-refractivity contribution >= 4 is 27.9 Å². The molecular weight excluding hydrogens is 422 g/mol. The van der Waals surface area contributed by atoms with Gasteiger partial charge in [-0.2, -0.15) is 0 Å².